The van der Waals surface area contributed by atoms with Crippen molar-refractivity contribution in [2.24, 2.45) is 4.99 Å². The van der Waals surface area contributed by atoms with Gasteiger partial charge in [-0.2, -0.15) is 0 Å². The standard InChI is InChI=1S/C19H28N4S/c1-13-8-7-9-16(10-13)19(4,5)12-22-18(20-6)21-11-17-14(2)23-15(3)24-17/h7-10H,11-12H2,1-6H3,(H2,20,21,22). The summed E-state index contributed by atoms with van der Waals surface area (Å²) < 4.78 is 0. The van der Waals surface area contributed by atoms with Gasteiger partial charge >= 0.3 is 0 Å². The van der Waals surface area contributed by atoms with E-state index in [0.717, 1.165) is 29.8 Å². The first-order chi connectivity index (χ1) is 11.3. The summed E-state index contributed by atoms with van der Waals surface area (Å²) in [5, 5.41) is 7.94. The molecule has 130 valence electrons. The van der Waals surface area contributed by atoms with Gasteiger partial charge in [-0.05, 0) is 26.3 Å². The normalized spacial score (nSPS) is 12.3. The van der Waals surface area contributed by atoms with Crippen LogP contribution in [0.25, 0.3) is 0 Å². The second-order valence-corrected chi connectivity index (χ2v) is 8.06. The van der Waals surface area contributed by atoms with Crippen LogP contribution in [0.2, 0.25) is 0 Å². The van der Waals surface area contributed by atoms with Gasteiger partial charge < -0.3 is 10.6 Å². The highest BCUT2D eigenvalue weighted by atomic mass is 32.1. The Morgan fingerprint density at radius 2 is 1.96 bits per heavy atom. The molecule has 0 saturated heterocycles. The summed E-state index contributed by atoms with van der Waals surface area (Å²) in [7, 11) is 1.81. The van der Waals surface area contributed by atoms with E-state index in [4.69, 9.17) is 0 Å². The van der Waals surface area contributed by atoms with Gasteiger partial charge in [-0.3, -0.25) is 4.99 Å². The number of nitrogens with one attached hydrogen (secondary N) is 2. The van der Waals surface area contributed by atoms with Crippen molar-refractivity contribution >= 4 is 17.3 Å². The van der Waals surface area contributed by atoms with Crippen LogP contribution < -0.4 is 10.6 Å². The number of hydrogen-bond donors (Lipinski definition) is 2. The lowest BCUT2D eigenvalue weighted by molar-refractivity contribution is 0.508. The number of nitrogens with zero attached hydrogens (tertiary/aromatic N) is 2. The van der Waals surface area contributed by atoms with Crippen LogP contribution in [-0.2, 0) is 12.0 Å². The smallest absolute Gasteiger partial charge is 0.191 e. The number of guanidine groups is 1. The Morgan fingerprint density at radius 3 is 2.54 bits per heavy atom. The van der Waals surface area contributed by atoms with Gasteiger partial charge in [-0.15, -0.1) is 11.3 Å². The first-order valence-electron chi connectivity index (χ1n) is 8.26. The predicted molar refractivity (Wildman–Crippen MR) is 104 cm³/mol. The second-order valence-electron chi connectivity index (χ2n) is 6.77. The van der Waals surface area contributed by atoms with Gasteiger partial charge in [0.1, 0.15) is 0 Å². The van der Waals surface area contributed by atoms with E-state index in [1.54, 1.807) is 18.4 Å². The fraction of sp³-hybridized carbons (Fsp3) is 0.474. The lowest BCUT2D eigenvalue weighted by Gasteiger charge is -2.27. The van der Waals surface area contributed by atoms with Crippen molar-refractivity contribution in [1.82, 2.24) is 15.6 Å². The molecule has 2 rings (SSSR count). The number of hydrogen-bond acceptors (Lipinski definition) is 3. The lowest BCUT2D eigenvalue weighted by atomic mass is 9.84. The minimum Gasteiger partial charge on any atom is -0.356 e. The summed E-state index contributed by atoms with van der Waals surface area (Å²) >= 11 is 1.73. The molecule has 5 heteroatoms. The molecule has 0 radical (unpaired) electrons. The van der Waals surface area contributed by atoms with E-state index in [-0.39, 0.29) is 5.41 Å². The molecule has 0 unspecified atom stereocenters. The van der Waals surface area contributed by atoms with Crippen LogP contribution in [0, 0.1) is 20.8 Å². The first kappa shape index (κ1) is 18.5. The van der Waals surface area contributed by atoms with Crippen LogP contribution in [0.3, 0.4) is 0 Å². The zero-order chi connectivity index (χ0) is 17.7. The molecule has 0 aliphatic rings. The van der Waals surface area contributed by atoms with Crippen LogP contribution in [0.15, 0.2) is 29.3 Å². The average molecular weight is 345 g/mol. The van der Waals surface area contributed by atoms with Gasteiger partial charge in [-0.25, -0.2) is 4.98 Å². The maximum Gasteiger partial charge on any atom is 0.191 e. The predicted octanol–water partition coefficient (Wildman–Crippen LogP) is 3.71. The molecule has 0 fully saturated rings. The Kier molecular flexibility index (Phi) is 5.99. The molecule has 2 aromatic rings. The highest BCUT2D eigenvalue weighted by Gasteiger charge is 2.21. The molecule has 0 bridgehead atoms. The van der Waals surface area contributed by atoms with Crippen molar-refractivity contribution in [2.75, 3.05) is 13.6 Å². The number of aromatic nitrogens is 1. The Hall–Kier alpha value is -1.88. The summed E-state index contributed by atoms with van der Waals surface area (Å²) in [6.45, 7) is 12.3. The number of aliphatic imine (C=N–C) groups is 1. The van der Waals surface area contributed by atoms with E-state index in [0.29, 0.717) is 0 Å². The fourth-order valence-corrected chi connectivity index (χ4v) is 3.47. The van der Waals surface area contributed by atoms with Gasteiger partial charge in [-0.1, -0.05) is 43.7 Å². The third kappa shape index (κ3) is 4.81. The van der Waals surface area contributed by atoms with Crippen molar-refractivity contribution in [1.29, 1.82) is 0 Å². The third-order valence-electron chi connectivity index (χ3n) is 4.14. The zero-order valence-electron chi connectivity index (χ0n) is 15.5. The SMILES string of the molecule is CN=C(NCc1sc(C)nc1C)NCC(C)(C)c1cccc(C)c1. The quantitative estimate of drug-likeness (QED) is 0.642. The largest absolute Gasteiger partial charge is 0.356 e. The molecule has 1 aromatic heterocycles. The molecule has 1 heterocycles. The van der Waals surface area contributed by atoms with Crippen LogP contribution in [0.4, 0.5) is 0 Å². The minimum absolute atomic E-state index is 0.0284. The van der Waals surface area contributed by atoms with E-state index in [1.807, 2.05) is 6.92 Å². The molecule has 2 N–H and O–H groups in total. The summed E-state index contributed by atoms with van der Waals surface area (Å²) in [4.78, 5) is 10.1. The van der Waals surface area contributed by atoms with Crippen molar-refractivity contribution in [3.63, 3.8) is 0 Å². The van der Waals surface area contributed by atoms with Gasteiger partial charge in [0.05, 0.1) is 17.2 Å². The van der Waals surface area contributed by atoms with E-state index >= 15 is 0 Å². The van der Waals surface area contributed by atoms with Gasteiger partial charge in [0.2, 0.25) is 0 Å². The van der Waals surface area contributed by atoms with Crippen molar-refractivity contribution in [3.05, 3.63) is 51.0 Å². The Balaban J connectivity index is 1.94. The maximum absolute atomic E-state index is 4.47. The molecular weight excluding hydrogens is 316 g/mol. The lowest BCUT2D eigenvalue weighted by Crippen LogP contribution is -2.43. The molecule has 1 aromatic carbocycles. The molecule has 0 aliphatic carbocycles. The Morgan fingerprint density at radius 1 is 1.21 bits per heavy atom. The van der Waals surface area contributed by atoms with Crippen molar-refractivity contribution < 1.29 is 0 Å². The summed E-state index contributed by atoms with van der Waals surface area (Å²) in [5.74, 6) is 0.821. The van der Waals surface area contributed by atoms with Crippen LogP contribution >= 0.6 is 11.3 Å². The summed E-state index contributed by atoms with van der Waals surface area (Å²) in [5.41, 5.74) is 3.75. The molecule has 4 nitrogen and oxygen atoms in total. The topological polar surface area (TPSA) is 49.3 Å². The fourth-order valence-electron chi connectivity index (χ4n) is 2.59. The summed E-state index contributed by atoms with van der Waals surface area (Å²) in [6, 6.07) is 8.69. The van der Waals surface area contributed by atoms with Gasteiger partial charge in [0.25, 0.3) is 0 Å². The van der Waals surface area contributed by atoms with Crippen LogP contribution in [0.1, 0.15) is 40.6 Å². The number of rotatable bonds is 5. The third-order valence-corrected chi connectivity index (χ3v) is 5.21. The highest BCUT2D eigenvalue weighted by Crippen LogP contribution is 2.23. The maximum atomic E-state index is 4.47. The molecule has 24 heavy (non-hydrogen) atoms. The number of benzene rings is 1. The molecule has 0 spiro atoms. The van der Waals surface area contributed by atoms with E-state index in [1.165, 1.54) is 16.0 Å². The van der Waals surface area contributed by atoms with Gasteiger partial charge in [0, 0.05) is 23.9 Å². The van der Waals surface area contributed by atoms with E-state index in [2.05, 4.69) is 72.6 Å². The first-order valence-corrected chi connectivity index (χ1v) is 9.08. The Bertz CT molecular complexity index is 716. The molecule has 0 amide bonds. The average Bonchev–Trinajstić information content (AvgIpc) is 2.85. The summed E-state index contributed by atoms with van der Waals surface area (Å²) in [6.07, 6.45) is 0. The number of thiazole rings is 1. The molecule has 0 saturated carbocycles. The monoisotopic (exact) mass is 344 g/mol. The van der Waals surface area contributed by atoms with E-state index in [9.17, 15) is 0 Å². The highest BCUT2D eigenvalue weighted by molar-refractivity contribution is 7.11. The second kappa shape index (κ2) is 7.79. The van der Waals surface area contributed by atoms with Crippen LogP contribution in [0.5, 0.6) is 0 Å². The number of aryl methyl sites for hydroxylation is 3. The molecular formula is C19H28N4S. The van der Waals surface area contributed by atoms with E-state index < -0.39 is 0 Å². The molecule has 0 aliphatic heterocycles. The van der Waals surface area contributed by atoms with Crippen molar-refractivity contribution in [3.8, 4) is 0 Å². The van der Waals surface area contributed by atoms with Crippen LogP contribution in [-0.4, -0.2) is 24.5 Å². The Labute approximate surface area is 149 Å². The van der Waals surface area contributed by atoms with Crippen molar-refractivity contribution in [2.45, 2.75) is 46.6 Å². The minimum atomic E-state index is 0.0284. The molecule has 0 atom stereocenters. The van der Waals surface area contributed by atoms with Gasteiger partial charge in [0.15, 0.2) is 5.96 Å². The zero-order valence-corrected chi connectivity index (χ0v) is 16.3.